The lowest BCUT2D eigenvalue weighted by molar-refractivity contribution is 0.143. The maximum Gasteiger partial charge on any atom is 0.0242 e. The molecule has 2 unspecified atom stereocenters. The van der Waals surface area contributed by atoms with Crippen LogP contribution in [0.4, 0.5) is 0 Å². The zero-order valence-corrected chi connectivity index (χ0v) is 9.26. The first kappa shape index (κ1) is 9.37. The Bertz CT molecular complexity index is 334. The molecule has 0 spiro atoms. The number of benzene rings is 1. The largest absolute Gasteiger partial charge is 0.301 e. The van der Waals surface area contributed by atoms with Gasteiger partial charge in [-0.05, 0) is 19.0 Å². The van der Waals surface area contributed by atoms with Crippen LogP contribution in [0.2, 0.25) is 0 Å². The minimum Gasteiger partial charge on any atom is -0.301 e. The molecule has 0 N–H and O–H groups in total. The first-order valence-corrected chi connectivity index (χ1v) is 5.81. The van der Waals surface area contributed by atoms with Gasteiger partial charge >= 0.3 is 0 Å². The second-order valence-corrected chi connectivity index (χ2v) is 4.90. The van der Waals surface area contributed by atoms with Crippen LogP contribution in [0.1, 0.15) is 12.0 Å². The van der Waals surface area contributed by atoms with E-state index < -0.39 is 0 Å². The lowest BCUT2D eigenvalue weighted by Gasteiger charge is -2.31. The van der Waals surface area contributed by atoms with Crippen molar-refractivity contribution in [1.29, 1.82) is 0 Å². The summed E-state index contributed by atoms with van der Waals surface area (Å²) in [6.45, 7) is 3.66. The van der Waals surface area contributed by atoms with Gasteiger partial charge in [-0.2, -0.15) is 0 Å². The highest BCUT2D eigenvalue weighted by Crippen LogP contribution is 2.30. The lowest BCUT2D eigenvalue weighted by Crippen LogP contribution is -2.43. The molecule has 0 amide bonds. The second-order valence-electron chi connectivity index (χ2n) is 4.90. The number of rotatable bonds is 2. The van der Waals surface area contributed by atoms with Crippen LogP contribution in [0.5, 0.6) is 0 Å². The van der Waals surface area contributed by atoms with Crippen molar-refractivity contribution in [1.82, 2.24) is 9.80 Å². The molecule has 3 rings (SSSR count). The number of hydrogen-bond acceptors (Lipinski definition) is 2. The van der Waals surface area contributed by atoms with Gasteiger partial charge in [-0.3, -0.25) is 4.90 Å². The van der Waals surface area contributed by atoms with Crippen LogP contribution in [0.3, 0.4) is 0 Å². The van der Waals surface area contributed by atoms with Gasteiger partial charge in [-0.25, -0.2) is 0 Å². The molecule has 2 heteroatoms. The molecule has 0 saturated carbocycles. The third kappa shape index (κ3) is 1.68. The average molecular weight is 202 g/mol. The summed E-state index contributed by atoms with van der Waals surface area (Å²) in [5.41, 5.74) is 1.45. The maximum atomic E-state index is 2.64. The summed E-state index contributed by atoms with van der Waals surface area (Å²) in [6.07, 6.45) is 1.38. The molecule has 0 radical (unpaired) electrons. The van der Waals surface area contributed by atoms with Gasteiger partial charge in [-0.1, -0.05) is 30.3 Å². The highest BCUT2D eigenvalue weighted by molar-refractivity contribution is 5.15. The number of fused-ring (bicyclic) bond motifs is 2. The molecule has 2 bridgehead atoms. The normalized spacial score (nSPS) is 31.3. The summed E-state index contributed by atoms with van der Waals surface area (Å²) in [6, 6.07) is 12.4. The van der Waals surface area contributed by atoms with Gasteiger partial charge in [0.1, 0.15) is 0 Å². The van der Waals surface area contributed by atoms with Crippen molar-refractivity contribution in [2.45, 2.75) is 25.0 Å². The molecule has 0 aliphatic carbocycles. The fourth-order valence-corrected chi connectivity index (χ4v) is 2.96. The van der Waals surface area contributed by atoms with Gasteiger partial charge < -0.3 is 4.90 Å². The summed E-state index contributed by atoms with van der Waals surface area (Å²) in [7, 11) is 2.25. The van der Waals surface area contributed by atoms with Crippen molar-refractivity contribution in [2.24, 2.45) is 0 Å². The topological polar surface area (TPSA) is 6.48 Å². The molecule has 2 atom stereocenters. The Balaban J connectivity index is 1.67. The molecule has 1 aromatic carbocycles. The standard InChI is InChI=1S/C13H18N2/c1-14-9-13-7-12(14)10-15(13)8-11-5-3-2-4-6-11/h2-6,12-13H,7-10H2,1H3. The number of nitrogens with zero attached hydrogens (tertiary/aromatic N) is 2. The highest BCUT2D eigenvalue weighted by Gasteiger charge is 2.40. The third-order valence-corrected chi connectivity index (χ3v) is 3.86. The fourth-order valence-electron chi connectivity index (χ4n) is 2.96. The Morgan fingerprint density at radius 1 is 1.13 bits per heavy atom. The van der Waals surface area contributed by atoms with E-state index in [2.05, 4.69) is 47.2 Å². The van der Waals surface area contributed by atoms with Crippen LogP contribution in [0, 0.1) is 0 Å². The summed E-state index contributed by atoms with van der Waals surface area (Å²) >= 11 is 0. The van der Waals surface area contributed by atoms with E-state index in [1.807, 2.05) is 0 Å². The Morgan fingerprint density at radius 2 is 1.93 bits per heavy atom. The quantitative estimate of drug-likeness (QED) is 0.718. The summed E-state index contributed by atoms with van der Waals surface area (Å²) in [5, 5.41) is 0. The van der Waals surface area contributed by atoms with Gasteiger partial charge in [-0.15, -0.1) is 0 Å². The molecular formula is C13H18N2. The first-order valence-electron chi connectivity index (χ1n) is 5.81. The average Bonchev–Trinajstić information content (AvgIpc) is 2.78. The Kier molecular flexibility index (Phi) is 2.26. The maximum absolute atomic E-state index is 2.64. The van der Waals surface area contributed by atoms with Gasteiger partial charge in [0.05, 0.1) is 0 Å². The van der Waals surface area contributed by atoms with Crippen LogP contribution in [-0.4, -0.2) is 42.0 Å². The van der Waals surface area contributed by atoms with Crippen molar-refractivity contribution in [3.8, 4) is 0 Å². The van der Waals surface area contributed by atoms with Gasteiger partial charge in [0.15, 0.2) is 0 Å². The van der Waals surface area contributed by atoms with E-state index >= 15 is 0 Å². The fraction of sp³-hybridized carbons (Fsp3) is 0.538. The van der Waals surface area contributed by atoms with Crippen LogP contribution >= 0.6 is 0 Å². The van der Waals surface area contributed by atoms with Gasteiger partial charge in [0.25, 0.3) is 0 Å². The molecule has 1 aromatic rings. The number of likely N-dealkylation sites (N-methyl/N-ethyl adjacent to an activating group) is 1. The van der Waals surface area contributed by atoms with E-state index in [0.717, 1.165) is 18.6 Å². The van der Waals surface area contributed by atoms with E-state index in [1.54, 1.807) is 0 Å². The van der Waals surface area contributed by atoms with Crippen LogP contribution < -0.4 is 0 Å². The van der Waals surface area contributed by atoms with E-state index in [-0.39, 0.29) is 0 Å². The second kappa shape index (κ2) is 3.62. The predicted octanol–water partition coefficient (Wildman–Crippen LogP) is 1.57. The molecule has 2 saturated heterocycles. The summed E-state index contributed by atoms with van der Waals surface area (Å²) < 4.78 is 0. The van der Waals surface area contributed by atoms with Crippen molar-refractivity contribution in [2.75, 3.05) is 20.1 Å². The number of likely N-dealkylation sites (tertiary alicyclic amines) is 2. The van der Waals surface area contributed by atoms with Crippen molar-refractivity contribution < 1.29 is 0 Å². The van der Waals surface area contributed by atoms with Crippen molar-refractivity contribution in [3.63, 3.8) is 0 Å². The van der Waals surface area contributed by atoms with Gasteiger partial charge in [0.2, 0.25) is 0 Å². The van der Waals surface area contributed by atoms with Gasteiger partial charge in [0, 0.05) is 31.7 Å². The first-order chi connectivity index (χ1) is 7.33. The van der Waals surface area contributed by atoms with Crippen LogP contribution in [0.25, 0.3) is 0 Å². The molecule has 2 heterocycles. The van der Waals surface area contributed by atoms with Crippen LogP contribution in [-0.2, 0) is 6.54 Å². The monoisotopic (exact) mass is 202 g/mol. The van der Waals surface area contributed by atoms with E-state index in [4.69, 9.17) is 0 Å². The number of piperazine rings is 1. The molecule has 2 aliphatic rings. The van der Waals surface area contributed by atoms with Crippen molar-refractivity contribution in [3.05, 3.63) is 35.9 Å². The number of hydrogen-bond donors (Lipinski definition) is 0. The molecule has 0 aromatic heterocycles. The minimum absolute atomic E-state index is 0.806. The van der Waals surface area contributed by atoms with E-state index in [0.29, 0.717) is 0 Å². The Morgan fingerprint density at radius 3 is 2.53 bits per heavy atom. The molecule has 2 aliphatic heterocycles. The summed E-state index contributed by atoms with van der Waals surface area (Å²) in [4.78, 5) is 5.14. The molecule has 2 fully saturated rings. The Hall–Kier alpha value is -0.860. The van der Waals surface area contributed by atoms with Crippen molar-refractivity contribution >= 4 is 0 Å². The highest BCUT2D eigenvalue weighted by atomic mass is 15.3. The zero-order valence-electron chi connectivity index (χ0n) is 9.26. The SMILES string of the molecule is CN1CC2CC1CN2Cc1ccccc1. The minimum atomic E-state index is 0.806. The Labute approximate surface area is 91.5 Å². The third-order valence-electron chi connectivity index (χ3n) is 3.86. The van der Waals surface area contributed by atoms with E-state index in [9.17, 15) is 0 Å². The predicted molar refractivity (Wildman–Crippen MR) is 61.7 cm³/mol. The molecule has 15 heavy (non-hydrogen) atoms. The molecule has 80 valence electrons. The summed E-state index contributed by atoms with van der Waals surface area (Å²) in [5.74, 6) is 0. The smallest absolute Gasteiger partial charge is 0.0242 e. The lowest BCUT2D eigenvalue weighted by atomic mass is 10.2. The van der Waals surface area contributed by atoms with Crippen LogP contribution in [0.15, 0.2) is 30.3 Å². The molecule has 2 nitrogen and oxygen atoms in total. The molecular weight excluding hydrogens is 184 g/mol. The zero-order chi connectivity index (χ0) is 10.3. The van der Waals surface area contributed by atoms with E-state index in [1.165, 1.54) is 25.1 Å².